The van der Waals surface area contributed by atoms with Gasteiger partial charge in [-0.15, -0.1) is 0 Å². The van der Waals surface area contributed by atoms with E-state index in [-0.39, 0.29) is 31.1 Å². The normalized spacial score (nSPS) is 12.7. The smallest absolute Gasteiger partial charge is 0.306 e. The van der Waals surface area contributed by atoms with Crippen LogP contribution in [-0.4, -0.2) is 37.2 Å². The van der Waals surface area contributed by atoms with Gasteiger partial charge < -0.3 is 14.2 Å². The van der Waals surface area contributed by atoms with Gasteiger partial charge in [-0.3, -0.25) is 14.4 Å². The number of ether oxygens (including phenoxy) is 3. The standard InChI is InChI=1S/C69H118O6/c1-4-7-10-13-15-17-19-21-23-25-26-27-28-29-30-31-32-33-34-35-36-37-38-39-40-41-42-44-45-47-49-51-53-56-59-62-68(71)74-65-66(64-73-67(70)61-58-55-12-9-6-3)75-69(72)63-60-57-54-52-50-48-46-43-24-22-20-18-16-14-11-8-5-2/h7,10,15-18,21-24,26-27,29-30,32-33,66H,4-6,8-9,11-14,19-20,25,28,31,34-65H2,1-3H3/b10-7-,17-15-,18-16-,23-21-,24-22-,27-26-,30-29-,33-32-. The Labute approximate surface area is 464 Å². The summed E-state index contributed by atoms with van der Waals surface area (Å²) < 4.78 is 16.7. The SMILES string of the molecule is CC/C=C\C/C=C\C/C=C\C/C=C\C/C=C\C/C=C\CCCCCCCCCCCCCCCCCCC(=O)OCC(COC(=O)CCCCCCC)OC(=O)CCCCCCCCC/C=C\C/C=C\CCCCC. The largest absolute Gasteiger partial charge is 0.462 e. The molecule has 6 nitrogen and oxygen atoms in total. The number of unbranched alkanes of at least 4 members (excludes halogenated alkanes) is 30. The molecule has 0 amide bonds. The van der Waals surface area contributed by atoms with Crippen molar-refractivity contribution < 1.29 is 28.6 Å². The third kappa shape index (κ3) is 61.1. The van der Waals surface area contributed by atoms with E-state index in [9.17, 15) is 14.4 Å². The molecule has 0 spiro atoms. The Kier molecular flexibility index (Phi) is 59.8. The predicted octanol–water partition coefficient (Wildman–Crippen LogP) is 21.7. The molecule has 0 saturated carbocycles. The first-order valence-corrected chi connectivity index (χ1v) is 31.7. The fourth-order valence-corrected chi connectivity index (χ4v) is 8.83. The number of carbonyl (C=O) groups is 3. The number of hydrogen-bond donors (Lipinski definition) is 0. The van der Waals surface area contributed by atoms with Gasteiger partial charge in [-0.25, -0.2) is 0 Å². The molecule has 0 rings (SSSR count). The van der Waals surface area contributed by atoms with Crippen molar-refractivity contribution in [1.29, 1.82) is 0 Å². The molecule has 0 aromatic carbocycles. The highest BCUT2D eigenvalue weighted by Crippen LogP contribution is 2.16. The lowest BCUT2D eigenvalue weighted by atomic mass is 10.0. The van der Waals surface area contributed by atoms with Crippen LogP contribution < -0.4 is 0 Å². The van der Waals surface area contributed by atoms with Crippen molar-refractivity contribution in [2.45, 2.75) is 309 Å². The van der Waals surface area contributed by atoms with Gasteiger partial charge in [0.15, 0.2) is 6.10 Å². The van der Waals surface area contributed by atoms with Crippen LogP contribution in [0.1, 0.15) is 303 Å². The highest BCUT2D eigenvalue weighted by Gasteiger charge is 2.19. The summed E-state index contributed by atoms with van der Waals surface area (Å²) in [4.78, 5) is 37.9. The Morgan fingerprint density at radius 1 is 0.280 bits per heavy atom. The van der Waals surface area contributed by atoms with Crippen LogP contribution in [0, 0.1) is 0 Å². The monoisotopic (exact) mass is 1040 g/mol. The summed E-state index contributed by atoms with van der Waals surface area (Å²) in [6, 6.07) is 0. The second-order valence-corrected chi connectivity index (χ2v) is 20.9. The van der Waals surface area contributed by atoms with Crippen LogP contribution in [-0.2, 0) is 28.6 Å². The van der Waals surface area contributed by atoms with Gasteiger partial charge >= 0.3 is 17.9 Å². The Bertz CT molecular complexity index is 1480. The Morgan fingerprint density at radius 3 is 0.840 bits per heavy atom. The molecule has 0 aromatic rings. The molecule has 0 aromatic heterocycles. The van der Waals surface area contributed by atoms with Gasteiger partial charge in [0, 0.05) is 19.3 Å². The number of rotatable bonds is 57. The summed E-state index contributed by atoms with van der Waals surface area (Å²) in [6.45, 7) is 6.43. The van der Waals surface area contributed by atoms with Crippen molar-refractivity contribution in [1.82, 2.24) is 0 Å². The van der Waals surface area contributed by atoms with Crippen molar-refractivity contribution in [2.24, 2.45) is 0 Å². The van der Waals surface area contributed by atoms with Gasteiger partial charge in [-0.05, 0) is 103 Å². The molecule has 6 heteroatoms. The summed E-state index contributed by atoms with van der Waals surface area (Å²) in [5, 5.41) is 0. The Morgan fingerprint density at radius 2 is 0.520 bits per heavy atom. The van der Waals surface area contributed by atoms with Crippen LogP contribution in [0.5, 0.6) is 0 Å². The molecule has 0 bridgehead atoms. The highest BCUT2D eigenvalue weighted by atomic mass is 16.6. The molecule has 1 unspecified atom stereocenters. The van der Waals surface area contributed by atoms with Crippen molar-refractivity contribution in [2.75, 3.05) is 13.2 Å². The van der Waals surface area contributed by atoms with E-state index < -0.39 is 6.10 Å². The summed E-state index contributed by atoms with van der Waals surface area (Å²) in [5.41, 5.74) is 0. The minimum absolute atomic E-state index is 0.0778. The molecule has 1 atom stereocenters. The molecule has 430 valence electrons. The molecule has 0 N–H and O–H groups in total. The second-order valence-electron chi connectivity index (χ2n) is 20.9. The summed E-state index contributed by atoms with van der Waals surface area (Å²) in [6.07, 6.45) is 84.7. The first-order chi connectivity index (χ1) is 37.0. The molecule has 0 saturated heterocycles. The van der Waals surface area contributed by atoms with E-state index in [0.29, 0.717) is 19.3 Å². The van der Waals surface area contributed by atoms with Gasteiger partial charge in [0.25, 0.3) is 0 Å². The second kappa shape index (κ2) is 62.9. The van der Waals surface area contributed by atoms with Gasteiger partial charge in [0.05, 0.1) is 0 Å². The molecule has 0 aliphatic rings. The number of esters is 3. The van der Waals surface area contributed by atoms with E-state index in [2.05, 4.69) is 118 Å². The average molecular weight is 1040 g/mol. The molecule has 0 heterocycles. The van der Waals surface area contributed by atoms with Gasteiger partial charge in [0.2, 0.25) is 0 Å². The van der Waals surface area contributed by atoms with E-state index in [1.165, 1.54) is 148 Å². The molecular formula is C69H118O6. The summed E-state index contributed by atoms with van der Waals surface area (Å²) in [5.74, 6) is -0.892. The zero-order valence-electron chi connectivity index (χ0n) is 49.3. The maximum Gasteiger partial charge on any atom is 0.306 e. The Balaban J connectivity index is 3.95. The minimum Gasteiger partial charge on any atom is -0.462 e. The van der Waals surface area contributed by atoms with E-state index in [0.717, 1.165) is 116 Å². The van der Waals surface area contributed by atoms with E-state index in [4.69, 9.17) is 14.2 Å². The molecule has 0 aliphatic carbocycles. The van der Waals surface area contributed by atoms with Crippen LogP contribution in [0.3, 0.4) is 0 Å². The maximum absolute atomic E-state index is 12.8. The molecule has 0 fully saturated rings. The lowest BCUT2D eigenvalue weighted by molar-refractivity contribution is -0.167. The number of hydrogen-bond acceptors (Lipinski definition) is 6. The minimum atomic E-state index is -0.776. The van der Waals surface area contributed by atoms with Crippen molar-refractivity contribution >= 4 is 17.9 Å². The van der Waals surface area contributed by atoms with Gasteiger partial charge in [-0.2, -0.15) is 0 Å². The summed E-state index contributed by atoms with van der Waals surface area (Å²) >= 11 is 0. The Hall–Kier alpha value is -3.67. The van der Waals surface area contributed by atoms with Crippen LogP contribution in [0.2, 0.25) is 0 Å². The van der Waals surface area contributed by atoms with Crippen LogP contribution in [0.4, 0.5) is 0 Å². The first kappa shape index (κ1) is 71.3. The summed E-state index contributed by atoms with van der Waals surface area (Å²) in [7, 11) is 0. The zero-order valence-corrected chi connectivity index (χ0v) is 49.3. The van der Waals surface area contributed by atoms with Crippen molar-refractivity contribution in [3.63, 3.8) is 0 Å². The lowest BCUT2D eigenvalue weighted by Crippen LogP contribution is -2.30. The van der Waals surface area contributed by atoms with Crippen LogP contribution >= 0.6 is 0 Å². The highest BCUT2D eigenvalue weighted by molar-refractivity contribution is 5.71. The topological polar surface area (TPSA) is 78.9 Å². The van der Waals surface area contributed by atoms with E-state index in [1.807, 2.05) is 0 Å². The van der Waals surface area contributed by atoms with Crippen molar-refractivity contribution in [3.8, 4) is 0 Å². The number of allylic oxidation sites excluding steroid dienone is 16. The first-order valence-electron chi connectivity index (χ1n) is 31.7. The van der Waals surface area contributed by atoms with Crippen LogP contribution in [0.25, 0.3) is 0 Å². The van der Waals surface area contributed by atoms with Crippen LogP contribution in [0.15, 0.2) is 97.2 Å². The lowest BCUT2D eigenvalue weighted by Gasteiger charge is -2.18. The number of carbonyl (C=O) groups excluding carboxylic acids is 3. The third-order valence-corrected chi connectivity index (χ3v) is 13.6. The van der Waals surface area contributed by atoms with E-state index >= 15 is 0 Å². The third-order valence-electron chi connectivity index (χ3n) is 13.6. The predicted molar refractivity (Wildman–Crippen MR) is 325 cm³/mol. The zero-order chi connectivity index (χ0) is 54.3. The quantitative estimate of drug-likeness (QED) is 0.0261. The van der Waals surface area contributed by atoms with Crippen molar-refractivity contribution in [3.05, 3.63) is 97.2 Å². The van der Waals surface area contributed by atoms with Gasteiger partial charge in [-0.1, -0.05) is 279 Å². The molecular weight excluding hydrogens is 925 g/mol. The fourth-order valence-electron chi connectivity index (χ4n) is 8.83. The fraction of sp³-hybridized carbons (Fsp3) is 0.725. The average Bonchev–Trinajstić information content (AvgIpc) is 3.41. The molecule has 75 heavy (non-hydrogen) atoms. The van der Waals surface area contributed by atoms with E-state index in [1.54, 1.807) is 0 Å². The molecule has 0 radical (unpaired) electrons. The van der Waals surface area contributed by atoms with Gasteiger partial charge in [0.1, 0.15) is 13.2 Å². The maximum atomic E-state index is 12.8. The molecule has 0 aliphatic heterocycles.